The van der Waals surface area contributed by atoms with Gasteiger partial charge in [-0.05, 0) is 79.7 Å². The van der Waals surface area contributed by atoms with E-state index in [4.69, 9.17) is 9.55 Å². The van der Waals surface area contributed by atoms with Crippen LogP contribution in [0.3, 0.4) is 0 Å². The molecule has 0 fully saturated rings. The van der Waals surface area contributed by atoms with Gasteiger partial charge in [0.25, 0.3) is 32.1 Å². The molecule has 0 atom stereocenters. The summed E-state index contributed by atoms with van der Waals surface area (Å²) < 4.78 is 67.3. The maximum absolute atomic E-state index is 12.4. The predicted octanol–water partition coefficient (Wildman–Crippen LogP) is 1.26. The van der Waals surface area contributed by atoms with Crippen LogP contribution in [0.2, 0.25) is 0 Å². The summed E-state index contributed by atoms with van der Waals surface area (Å²) in [6, 6.07) is 8.51. The molecule has 0 radical (unpaired) electrons. The molecule has 5 rings (SSSR count). The first kappa shape index (κ1) is 45.6. The fourth-order valence-electron chi connectivity index (χ4n) is 7.08. The quantitative estimate of drug-likeness (QED) is 0.0522. The second kappa shape index (κ2) is 18.6. The number of anilines is 1. The number of pyridine rings is 1. The molecule has 3 amide bonds. The number of hydrogen-bond acceptors (Lipinski definition) is 9. The van der Waals surface area contributed by atoms with Crippen LogP contribution in [0.25, 0.3) is 0 Å². The van der Waals surface area contributed by atoms with Crippen molar-refractivity contribution in [3.8, 4) is 0 Å². The number of nitrogens with zero attached hydrogens (tertiary/aromatic N) is 4. The molecule has 0 aliphatic carbocycles. The summed E-state index contributed by atoms with van der Waals surface area (Å²) in [5.41, 5.74) is 3.32. The van der Waals surface area contributed by atoms with E-state index in [-0.39, 0.29) is 99.3 Å². The van der Waals surface area contributed by atoms with Crippen molar-refractivity contribution in [2.24, 2.45) is 4.99 Å². The Balaban J connectivity index is 0.00000696. The number of fused-ring (bicyclic) bond motifs is 2. The fourth-order valence-corrected chi connectivity index (χ4v) is 8.08. The van der Waals surface area contributed by atoms with Gasteiger partial charge in [-0.3, -0.25) is 28.4 Å². The van der Waals surface area contributed by atoms with Gasteiger partial charge in [-0.1, -0.05) is 38.5 Å². The van der Waals surface area contributed by atoms with Gasteiger partial charge in [-0.2, -0.15) is 16.8 Å². The van der Waals surface area contributed by atoms with Gasteiger partial charge in [-0.25, -0.2) is 4.57 Å². The van der Waals surface area contributed by atoms with E-state index in [1.54, 1.807) is 6.07 Å². The Hall–Kier alpha value is -3.13. The zero-order valence-electron chi connectivity index (χ0n) is 32.4. The number of carbonyl (C=O) groups excluding carboxylic acids is 3. The van der Waals surface area contributed by atoms with E-state index in [2.05, 4.69) is 24.1 Å². The molecule has 3 N–H and O–H groups in total. The summed E-state index contributed by atoms with van der Waals surface area (Å²) in [5.74, 6) is -0.537. The van der Waals surface area contributed by atoms with Crippen LogP contribution in [-0.2, 0) is 52.0 Å². The SMILES string of the molecule is CC1(C)C(/C=C/C=C/C=C2\N(CCCCCC(=O)NCCN3C(=O)C=CC3=O)c3ccc(S(=O)(=O)O)cc3C2(C)C)=Nc2c1ccc[n+]2CCCS(=O)(=O)O.[K+]. The molecule has 2 aromatic rings. The molecule has 294 valence electrons. The van der Waals surface area contributed by atoms with E-state index < -0.39 is 31.1 Å². The molecule has 1 aromatic heterocycles. The van der Waals surface area contributed by atoms with Crippen molar-refractivity contribution in [1.29, 1.82) is 0 Å². The number of amides is 3. The molecule has 0 saturated heterocycles. The minimum atomic E-state index is -4.42. The van der Waals surface area contributed by atoms with Crippen LogP contribution in [-0.4, -0.2) is 79.7 Å². The number of aryl methyl sites for hydroxylation is 1. The number of rotatable bonds is 17. The summed E-state index contributed by atoms with van der Waals surface area (Å²) in [7, 11) is -8.48. The predicted molar refractivity (Wildman–Crippen MR) is 208 cm³/mol. The monoisotopic (exact) mass is 833 g/mol. The zero-order chi connectivity index (χ0) is 40.2. The van der Waals surface area contributed by atoms with Crippen molar-refractivity contribution >= 4 is 55.2 Å². The Morgan fingerprint density at radius 2 is 1.59 bits per heavy atom. The maximum atomic E-state index is 12.4. The Morgan fingerprint density at radius 1 is 0.875 bits per heavy atom. The summed E-state index contributed by atoms with van der Waals surface area (Å²) in [5, 5.41) is 2.76. The van der Waals surface area contributed by atoms with Crippen LogP contribution >= 0.6 is 0 Å². The molecule has 0 bridgehead atoms. The molecule has 17 heteroatoms. The van der Waals surface area contributed by atoms with Gasteiger partial charge in [0, 0.05) is 61.4 Å². The van der Waals surface area contributed by atoms with Crippen molar-refractivity contribution < 1.29 is 96.3 Å². The largest absolute Gasteiger partial charge is 1.00 e. The second-order valence-corrected chi connectivity index (χ2v) is 17.7. The van der Waals surface area contributed by atoms with Gasteiger partial charge in [0.1, 0.15) is 0 Å². The average Bonchev–Trinajstić information content (AvgIpc) is 3.64. The number of aromatic nitrogens is 1. The summed E-state index contributed by atoms with van der Waals surface area (Å²) in [6.45, 7) is 9.41. The van der Waals surface area contributed by atoms with E-state index in [9.17, 15) is 35.8 Å². The molecular formula is C39H48KN5O9S2+2. The second-order valence-electron chi connectivity index (χ2n) is 14.7. The first-order valence-corrected chi connectivity index (χ1v) is 21.2. The Bertz CT molecular complexity index is 2230. The molecule has 0 spiro atoms. The standard InChI is InChI=1S/C39H47N5O9S2.K/c1-38(2)29-13-11-22-42(23-12-26-54(48,49)50)37(29)41-32(38)14-7-5-8-15-33-39(3,4)30-27-28(55(51,52)53)17-18-31(30)43(33)24-10-6-9-16-34(45)40-21-25-44-35(46)19-20-36(44)47;/h5,7-8,11,13-15,17-20,22,27H,6,9-10,12,16,21,23-26H2,1-4H3,(H2-,40,45,48,49,50,51,52,53);/q;+1/p+1. The Morgan fingerprint density at radius 3 is 2.27 bits per heavy atom. The van der Waals surface area contributed by atoms with E-state index >= 15 is 0 Å². The Labute approximate surface area is 371 Å². The molecule has 4 heterocycles. The van der Waals surface area contributed by atoms with E-state index in [0.29, 0.717) is 25.9 Å². The smallest absolute Gasteiger partial charge is 0.354 e. The zero-order valence-corrected chi connectivity index (χ0v) is 37.2. The third kappa shape index (κ3) is 10.9. The van der Waals surface area contributed by atoms with Crippen molar-refractivity contribution in [2.45, 2.75) is 82.1 Å². The number of carbonyl (C=O) groups is 3. The molecule has 1 aromatic carbocycles. The first-order chi connectivity index (χ1) is 25.8. The van der Waals surface area contributed by atoms with Gasteiger partial charge in [0.05, 0.1) is 34.4 Å². The number of imide groups is 1. The third-order valence-electron chi connectivity index (χ3n) is 10.1. The summed E-state index contributed by atoms with van der Waals surface area (Å²) in [4.78, 5) is 43.7. The van der Waals surface area contributed by atoms with E-state index in [1.165, 1.54) is 24.3 Å². The van der Waals surface area contributed by atoms with Crippen LogP contribution in [0, 0.1) is 0 Å². The molecular weight excluding hydrogens is 786 g/mol. The van der Waals surface area contributed by atoms with E-state index in [1.807, 2.05) is 67.1 Å². The average molecular weight is 834 g/mol. The van der Waals surface area contributed by atoms with Crippen molar-refractivity contribution in [3.63, 3.8) is 0 Å². The van der Waals surface area contributed by atoms with Crippen molar-refractivity contribution in [2.75, 3.05) is 30.3 Å². The molecule has 3 aliphatic heterocycles. The molecule has 0 saturated carbocycles. The van der Waals surface area contributed by atoms with Gasteiger partial charge in [-0.15, -0.1) is 0 Å². The Kier molecular flexibility index (Phi) is 15.2. The molecule has 0 unspecified atom stereocenters. The first-order valence-electron chi connectivity index (χ1n) is 18.1. The van der Waals surface area contributed by atoms with Gasteiger partial charge in [0.15, 0.2) is 5.71 Å². The number of aliphatic imine (C=N–C) groups is 1. The van der Waals surface area contributed by atoms with Crippen molar-refractivity contribution in [1.82, 2.24) is 10.2 Å². The molecule has 56 heavy (non-hydrogen) atoms. The van der Waals surface area contributed by atoms with Gasteiger partial charge in [0.2, 0.25) is 5.91 Å². The fraction of sp³-hybridized carbons (Fsp3) is 0.410. The number of allylic oxidation sites excluding steroid dienone is 6. The number of benzene rings is 1. The van der Waals surface area contributed by atoms with Crippen molar-refractivity contribution in [3.05, 3.63) is 95.9 Å². The molecule has 3 aliphatic rings. The van der Waals surface area contributed by atoms with Crippen LogP contribution in [0.5, 0.6) is 0 Å². The summed E-state index contributed by atoms with van der Waals surface area (Å²) in [6.07, 6.45) is 16.5. The van der Waals surface area contributed by atoms with Gasteiger partial charge < -0.3 is 10.2 Å². The van der Waals surface area contributed by atoms with Gasteiger partial charge >= 0.3 is 57.2 Å². The maximum Gasteiger partial charge on any atom is 1.00 e. The molecule has 14 nitrogen and oxygen atoms in total. The van der Waals surface area contributed by atoms with E-state index in [0.717, 1.165) is 51.8 Å². The van der Waals surface area contributed by atoms with Crippen LogP contribution < -0.4 is 66.2 Å². The van der Waals surface area contributed by atoms with Crippen LogP contribution in [0.4, 0.5) is 11.5 Å². The van der Waals surface area contributed by atoms with Crippen LogP contribution in [0.1, 0.15) is 70.9 Å². The third-order valence-corrected chi connectivity index (χ3v) is 11.8. The minimum absolute atomic E-state index is 0. The number of unbranched alkanes of at least 4 members (excludes halogenated alkanes) is 2. The normalized spacial score (nSPS) is 17.9. The number of nitrogens with one attached hydrogen (secondary N) is 1. The number of hydrogen-bond donors (Lipinski definition) is 3. The van der Waals surface area contributed by atoms with Crippen LogP contribution in [0.15, 0.2) is 94.6 Å². The summed E-state index contributed by atoms with van der Waals surface area (Å²) >= 11 is 0. The topological polar surface area (TPSA) is 195 Å². The minimum Gasteiger partial charge on any atom is -0.354 e.